The lowest BCUT2D eigenvalue weighted by molar-refractivity contribution is -0.151. The zero-order valence-electron chi connectivity index (χ0n) is 18.1. The number of thioether (sulfide) groups is 1. The lowest BCUT2D eigenvalue weighted by Gasteiger charge is -2.20. The summed E-state index contributed by atoms with van der Waals surface area (Å²) in [6.07, 6.45) is 2.90. The van der Waals surface area contributed by atoms with Gasteiger partial charge in [-0.2, -0.15) is 0 Å². The third-order valence-electron chi connectivity index (χ3n) is 6.73. The van der Waals surface area contributed by atoms with E-state index in [1.807, 2.05) is 24.3 Å². The SMILES string of the molecule is O=Cc1ccccc1SC(=O)[C@H]1CCCC1C(=O)OCC1c2ccccc2-c2ccccc21. The van der Waals surface area contributed by atoms with Crippen LogP contribution in [0, 0.1) is 11.8 Å². The van der Waals surface area contributed by atoms with E-state index in [-0.39, 0.29) is 29.5 Å². The van der Waals surface area contributed by atoms with Crippen LogP contribution < -0.4 is 0 Å². The summed E-state index contributed by atoms with van der Waals surface area (Å²) in [7, 11) is 0. The van der Waals surface area contributed by atoms with E-state index in [4.69, 9.17) is 4.74 Å². The fourth-order valence-corrected chi connectivity index (χ4v) is 6.12. The monoisotopic (exact) mass is 456 g/mol. The summed E-state index contributed by atoms with van der Waals surface area (Å²) in [5, 5.41) is -0.0692. The Bertz CT molecular complexity index is 1170. The number of hydrogen-bond acceptors (Lipinski definition) is 5. The molecule has 3 aromatic rings. The number of hydrogen-bond donors (Lipinski definition) is 0. The summed E-state index contributed by atoms with van der Waals surface area (Å²) in [4.78, 5) is 38.0. The van der Waals surface area contributed by atoms with Crippen LogP contribution in [-0.4, -0.2) is 24.0 Å². The Morgan fingerprint density at radius 2 is 1.45 bits per heavy atom. The van der Waals surface area contributed by atoms with Gasteiger partial charge >= 0.3 is 5.97 Å². The van der Waals surface area contributed by atoms with E-state index >= 15 is 0 Å². The van der Waals surface area contributed by atoms with E-state index in [2.05, 4.69) is 24.3 Å². The van der Waals surface area contributed by atoms with Crippen molar-refractivity contribution in [2.75, 3.05) is 6.61 Å². The Balaban J connectivity index is 1.28. The highest BCUT2D eigenvalue weighted by atomic mass is 32.2. The fourth-order valence-electron chi connectivity index (χ4n) is 5.09. The Kier molecular flexibility index (Phi) is 6.14. The van der Waals surface area contributed by atoms with Gasteiger partial charge in [-0.3, -0.25) is 14.4 Å². The number of carbonyl (C=O) groups excluding carboxylic acids is 3. The van der Waals surface area contributed by atoms with Crippen molar-refractivity contribution in [2.45, 2.75) is 30.1 Å². The number of benzene rings is 3. The van der Waals surface area contributed by atoms with Gasteiger partial charge in [0.25, 0.3) is 0 Å². The molecule has 166 valence electrons. The second kappa shape index (κ2) is 9.36. The number of esters is 1. The first-order valence-electron chi connectivity index (χ1n) is 11.3. The molecule has 1 fully saturated rings. The van der Waals surface area contributed by atoms with Gasteiger partial charge in [-0.15, -0.1) is 0 Å². The van der Waals surface area contributed by atoms with Crippen LogP contribution in [-0.2, 0) is 14.3 Å². The summed E-state index contributed by atoms with van der Waals surface area (Å²) in [5.41, 5.74) is 5.21. The zero-order valence-corrected chi connectivity index (χ0v) is 18.9. The van der Waals surface area contributed by atoms with Gasteiger partial charge in [0.1, 0.15) is 6.61 Å². The van der Waals surface area contributed by atoms with Crippen LogP contribution in [0.25, 0.3) is 11.1 Å². The normalized spacial score (nSPS) is 19.0. The van der Waals surface area contributed by atoms with E-state index < -0.39 is 5.92 Å². The fraction of sp³-hybridized carbons (Fsp3) is 0.250. The number of fused-ring (bicyclic) bond motifs is 3. The predicted octanol–water partition coefficient (Wildman–Crippen LogP) is 5.89. The molecule has 5 heteroatoms. The molecule has 2 atom stereocenters. The van der Waals surface area contributed by atoms with Crippen LogP contribution in [0.2, 0.25) is 0 Å². The van der Waals surface area contributed by atoms with Crippen LogP contribution in [0.5, 0.6) is 0 Å². The average Bonchev–Trinajstić information content (AvgIpc) is 3.47. The molecule has 0 heterocycles. The van der Waals surface area contributed by atoms with Crippen molar-refractivity contribution in [1.29, 1.82) is 0 Å². The van der Waals surface area contributed by atoms with Crippen molar-refractivity contribution >= 4 is 29.1 Å². The first-order valence-corrected chi connectivity index (χ1v) is 12.1. The van der Waals surface area contributed by atoms with E-state index in [0.717, 1.165) is 24.5 Å². The Labute approximate surface area is 197 Å². The molecule has 0 bridgehead atoms. The minimum absolute atomic E-state index is 0.00532. The summed E-state index contributed by atoms with van der Waals surface area (Å²) < 4.78 is 5.84. The van der Waals surface area contributed by atoms with Gasteiger partial charge < -0.3 is 4.74 Å². The minimum atomic E-state index is -0.430. The molecular weight excluding hydrogens is 432 g/mol. The number of rotatable bonds is 6. The van der Waals surface area contributed by atoms with Crippen LogP contribution >= 0.6 is 11.8 Å². The molecule has 0 radical (unpaired) electrons. The molecule has 1 saturated carbocycles. The lowest BCUT2D eigenvalue weighted by Crippen LogP contribution is -2.27. The molecule has 0 amide bonds. The van der Waals surface area contributed by atoms with Crippen molar-refractivity contribution in [3.05, 3.63) is 89.5 Å². The molecule has 1 unspecified atom stereocenters. The number of aldehydes is 1. The highest BCUT2D eigenvalue weighted by Gasteiger charge is 2.40. The molecule has 0 aliphatic heterocycles. The van der Waals surface area contributed by atoms with Crippen molar-refractivity contribution in [1.82, 2.24) is 0 Å². The van der Waals surface area contributed by atoms with E-state index in [1.54, 1.807) is 24.3 Å². The molecule has 2 aliphatic carbocycles. The topological polar surface area (TPSA) is 60.4 Å². The van der Waals surface area contributed by atoms with Crippen LogP contribution in [0.4, 0.5) is 0 Å². The quantitative estimate of drug-likeness (QED) is 0.263. The molecule has 4 nitrogen and oxygen atoms in total. The molecule has 0 spiro atoms. The van der Waals surface area contributed by atoms with Gasteiger partial charge in [-0.05, 0) is 41.2 Å². The van der Waals surface area contributed by atoms with Crippen LogP contribution in [0.3, 0.4) is 0 Å². The van der Waals surface area contributed by atoms with Crippen molar-refractivity contribution < 1.29 is 19.1 Å². The Morgan fingerprint density at radius 1 is 0.848 bits per heavy atom. The summed E-state index contributed by atoms with van der Waals surface area (Å²) in [6.45, 7) is 0.269. The van der Waals surface area contributed by atoms with Crippen LogP contribution in [0.1, 0.15) is 46.7 Å². The molecule has 5 rings (SSSR count). The third-order valence-corrected chi connectivity index (χ3v) is 7.83. The summed E-state index contributed by atoms with van der Waals surface area (Å²) in [6, 6.07) is 23.5. The molecule has 3 aromatic carbocycles. The first kappa shape index (κ1) is 21.7. The van der Waals surface area contributed by atoms with E-state index in [9.17, 15) is 14.4 Å². The Morgan fingerprint density at radius 3 is 2.15 bits per heavy atom. The molecule has 2 aliphatic rings. The van der Waals surface area contributed by atoms with Gasteiger partial charge in [0, 0.05) is 22.3 Å². The molecule has 33 heavy (non-hydrogen) atoms. The van der Waals surface area contributed by atoms with E-state index in [0.29, 0.717) is 23.3 Å². The minimum Gasteiger partial charge on any atom is -0.464 e. The highest BCUT2D eigenvalue weighted by molar-refractivity contribution is 8.13. The van der Waals surface area contributed by atoms with Crippen molar-refractivity contribution in [2.24, 2.45) is 11.8 Å². The summed E-state index contributed by atoms with van der Waals surface area (Å²) in [5.74, 6) is -1.10. The van der Waals surface area contributed by atoms with Gasteiger partial charge in [-0.1, -0.05) is 84.9 Å². The first-order chi connectivity index (χ1) is 16.2. The number of carbonyl (C=O) groups is 3. The third kappa shape index (κ3) is 4.13. The molecular formula is C28H24O4S. The maximum Gasteiger partial charge on any atom is 0.309 e. The van der Waals surface area contributed by atoms with Gasteiger partial charge in [0.2, 0.25) is 0 Å². The second-order valence-corrected chi connectivity index (χ2v) is 9.62. The maximum atomic E-state index is 13.1. The Hall–Kier alpha value is -3.18. The summed E-state index contributed by atoms with van der Waals surface area (Å²) >= 11 is 1.06. The zero-order chi connectivity index (χ0) is 22.8. The second-order valence-electron chi connectivity index (χ2n) is 8.58. The molecule has 0 saturated heterocycles. The van der Waals surface area contributed by atoms with Gasteiger partial charge in [0.05, 0.1) is 5.92 Å². The maximum absolute atomic E-state index is 13.1. The predicted molar refractivity (Wildman–Crippen MR) is 128 cm³/mol. The number of ether oxygens (including phenoxy) is 1. The highest BCUT2D eigenvalue weighted by Crippen LogP contribution is 2.45. The lowest BCUT2D eigenvalue weighted by atomic mass is 9.96. The standard InChI is InChI=1S/C28H24O4S/c29-16-18-8-1-6-15-26(18)33-28(31)24-14-7-13-23(24)27(30)32-17-25-21-11-4-2-9-19(21)20-10-3-5-12-22(20)25/h1-6,8-12,15-16,23-25H,7,13-14,17H2/t23?,24-/m0/s1. The van der Waals surface area contributed by atoms with Crippen LogP contribution in [0.15, 0.2) is 77.7 Å². The molecule has 0 aromatic heterocycles. The average molecular weight is 457 g/mol. The smallest absolute Gasteiger partial charge is 0.309 e. The van der Waals surface area contributed by atoms with Crippen molar-refractivity contribution in [3.8, 4) is 11.1 Å². The van der Waals surface area contributed by atoms with Gasteiger partial charge in [-0.25, -0.2) is 0 Å². The van der Waals surface area contributed by atoms with Crippen molar-refractivity contribution in [3.63, 3.8) is 0 Å². The largest absolute Gasteiger partial charge is 0.464 e. The van der Waals surface area contributed by atoms with E-state index in [1.165, 1.54) is 22.3 Å². The molecule has 0 N–H and O–H groups in total. The van der Waals surface area contributed by atoms with Gasteiger partial charge in [0.15, 0.2) is 11.4 Å².